The summed E-state index contributed by atoms with van der Waals surface area (Å²) >= 11 is 6.15. The first-order valence-corrected chi connectivity index (χ1v) is 9.71. The second-order valence-electron chi connectivity index (χ2n) is 6.60. The number of hydrogen-bond donors (Lipinski definition) is 3. The van der Waals surface area contributed by atoms with Crippen LogP contribution in [0.15, 0.2) is 18.3 Å². The minimum absolute atomic E-state index is 0.0424. The molecule has 2 fully saturated rings. The number of fused-ring (bicyclic) bond motifs is 2. The summed E-state index contributed by atoms with van der Waals surface area (Å²) in [5.41, 5.74) is 0.596. The molecule has 1 heterocycles. The van der Waals surface area contributed by atoms with Crippen LogP contribution in [0.2, 0.25) is 5.02 Å². The highest BCUT2D eigenvalue weighted by Crippen LogP contribution is 2.60. The molecule has 3 N–H and O–H groups in total. The molecule has 0 aliphatic heterocycles. The second kappa shape index (κ2) is 4.92. The van der Waals surface area contributed by atoms with E-state index in [2.05, 4.69) is 14.9 Å². The Morgan fingerprint density at radius 3 is 2.78 bits per heavy atom. The minimum atomic E-state index is -3.20. The predicted octanol–water partition coefficient (Wildman–Crippen LogP) is 1.75. The molecule has 0 amide bonds. The van der Waals surface area contributed by atoms with Crippen molar-refractivity contribution in [3.63, 3.8) is 0 Å². The van der Waals surface area contributed by atoms with Crippen molar-refractivity contribution in [3.8, 4) is 0 Å². The van der Waals surface area contributed by atoms with E-state index < -0.39 is 15.6 Å². The van der Waals surface area contributed by atoms with Gasteiger partial charge >= 0.3 is 0 Å². The van der Waals surface area contributed by atoms with Gasteiger partial charge in [0.15, 0.2) is 0 Å². The molecule has 0 radical (unpaired) electrons. The lowest BCUT2D eigenvalue weighted by Crippen LogP contribution is -2.34. The number of hydrogen-bond acceptors (Lipinski definition) is 4. The lowest BCUT2D eigenvalue weighted by atomic mass is 9.86. The van der Waals surface area contributed by atoms with Crippen LogP contribution in [0, 0.1) is 11.8 Å². The van der Waals surface area contributed by atoms with E-state index in [1.165, 1.54) is 0 Å². The molecule has 4 rings (SSSR count). The summed E-state index contributed by atoms with van der Waals surface area (Å²) in [7, 11) is -3.20. The van der Waals surface area contributed by atoms with E-state index in [0.29, 0.717) is 17.9 Å². The average molecular weight is 356 g/mol. The van der Waals surface area contributed by atoms with Crippen LogP contribution in [0.3, 0.4) is 0 Å². The van der Waals surface area contributed by atoms with Gasteiger partial charge in [-0.25, -0.2) is 13.1 Å². The highest BCUT2D eigenvalue weighted by Gasteiger charge is 2.62. The number of aromatic amines is 1. The van der Waals surface area contributed by atoms with Crippen molar-refractivity contribution in [2.75, 3.05) is 5.75 Å². The van der Waals surface area contributed by atoms with E-state index in [0.717, 1.165) is 16.5 Å². The van der Waals surface area contributed by atoms with Crippen molar-refractivity contribution >= 4 is 32.5 Å². The highest BCUT2D eigenvalue weighted by atomic mass is 35.5. The van der Waals surface area contributed by atoms with E-state index in [4.69, 9.17) is 11.6 Å². The van der Waals surface area contributed by atoms with Crippen molar-refractivity contribution in [2.24, 2.45) is 11.8 Å². The summed E-state index contributed by atoms with van der Waals surface area (Å²) in [6.07, 6.45) is 2.77. The molecule has 8 heteroatoms. The predicted molar refractivity (Wildman–Crippen MR) is 87.6 cm³/mol. The van der Waals surface area contributed by atoms with E-state index >= 15 is 0 Å². The fraction of sp³-hybridized carbons (Fsp3) is 0.533. The number of benzene rings is 1. The number of aromatic nitrogens is 2. The molecule has 1 aromatic heterocycles. The van der Waals surface area contributed by atoms with E-state index in [1.807, 2.05) is 0 Å². The Kier molecular flexibility index (Phi) is 3.29. The molecule has 0 spiro atoms. The van der Waals surface area contributed by atoms with Crippen LogP contribution < -0.4 is 4.72 Å². The van der Waals surface area contributed by atoms with Gasteiger partial charge in [-0.2, -0.15) is 5.10 Å². The Morgan fingerprint density at radius 1 is 1.43 bits per heavy atom. The van der Waals surface area contributed by atoms with Gasteiger partial charge in [-0.05, 0) is 49.3 Å². The summed E-state index contributed by atoms with van der Waals surface area (Å²) in [4.78, 5) is 0. The van der Waals surface area contributed by atoms with Gasteiger partial charge in [-0.3, -0.25) is 5.10 Å². The molecule has 23 heavy (non-hydrogen) atoms. The summed E-state index contributed by atoms with van der Waals surface area (Å²) in [5, 5.41) is 19.4. The van der Waals surface area contributed by atoms with Gasteiger partial charge in [0.1, 0.15) is 0 Å². The van der Waals surface area contributed by atoms with Gasteiger partial charge in [0.05, 0.1) is 23.1 Å². The van der Waals surface area contributed by atoms with Gasteiger partial charge < -0.3 is 5.11 Å². The highest BCUT2D eigenvalue weighted by molar-refractivity contribution is 7.89. The largest absolute Gasteiger partial charge is 0.385 e. The topological polar surface area (TPSA) is 95.1 Å². The number of aliphatic hydroxyl groups is 1. The average Bonchev–Trinajstić information content (AvgIpc) is 2.88. The SMILES string of the molecule is CCS(=O)(=O)NC1[C@H]2CC(O)(c3cc(Cl)cc4[nH]ncc34)C[C@@H]12. The summed E-state index contributed by atoms with van der Waals surface area (Å²) in [6.45, 7) is 1.62. The molecule has 2 aliphatic carbocycles. The first kappa shape index (κ1) is 15.4. The summed E-state index contributed by atoms with van der Waals surface area (Å²) in [5.74, 6) is 0.446. The third-order valence-corrected chi connectivity index (χ3v) is 6.81. The zero-order valence-electron chi connectivity index (χ0n) is 12.6. The number of nitrogens with zero attached hydrogens (tertiary/aromatic N) is 1. The third-order valence-electron chi connectivity index (χ3n) is 5.20. The maximum absolute atomic E-state index is 11.7. The van der Waals surface area contributed by atoms with Crippen molar-refractivity contribution < 1.29 is 13.5 Å². The fourth-order valence-corrected chi connectivity index (χ4v) is 5.10. The third kappa shape index (κ3) is 2.46. The number of halogens is 1. The van der Waals surface area contributed by atoms with Crippen LogP contribution >= 0.6 is 11.6 Å². The zero-order chi connectivity index (χ0) is 16.4. The molecule has 2 aliphatic rings. The maximum atomic E-state index is 11.7. The molecular formula is C15H18ClN3O3S. The van der Waals surface area contributed by atoms with Crippen LogP contribution in [-0.4, -0.2) is 35.5 Å². The quantitative estimate of drug-likeness (QED) is 0.778. The van der Waals surface area contributed by atoms with Crippen molar-refractivity contribution in [2.45, 2.75) is 31.4 Å². The number of sulfonamides is 1. The van der Waals surface area contributed by atoms with Crippen LogP contribution in [0.25, 0.3) is 10.9 Å². The zero-order valence-corrected chi connectivity index (χ0v) is 14.2. The van der Waals surface area contributed by atoms with E-state index in [1.54, 1.807) is 25.3 Å². The number of H-pyrrole nitrogens is 1. The normalized spacial score (nSPS) is 33.1. The van der Waals surface area contributed by atoms with E-state index in [9.17, 15) is 13.5 Å². The molecule has 2 saturated carbocycles. The Bertz CT molecular complexity index is 867. The molecule has 0 saturated heterocycles. The van der Waals surface area contributed by atoms with Crippen LogP contribution in [0.5, 0.6) is 0 Å². The Hall–Kier alpha value is -1.15. The van der Waals surface area contributed by atoms with Crippen molar-refractivity contribution in [1.82, 2.24) is 14.9 Å². The summed E-state index contributed by atoms with van der Waals surface area (Å²) < 4.78 is 26.1. The lowest BCUT2D eigenvalue weighted by Gasteiger charge is -2.27. The molecule has 6 nitrogen and oxygen atoms in total. The van der Waals surface area contributed by atoms with E-state index in [-0.39, 0.29) is 23.6 Å². The smallest absolute Gasteiger partial charge is 0.211 e. The van der Waals surface area contributed by atoms with Crippen LogP contribution in [0.4, 0.5) is 0 Å². The van der Waals surface area contributed by atoms with Gasteiger partial charge in [-0.1, -0.05) is 11.6 Å². The summed E-state index contributed by atoms with van der Waals surface area (Å²) in [6, 6.07) is 3.53. The van der Waals surface area contributed by atoms with Crippen molar-refractivity contribution in [3.05, 3.63) is 28.9 Å². The van der Waals surface area contributed by atoms with Crippen LogP contribution in [-0.2, 0) is 15.6 Å². The molecule has 0 bridgehead atoms. The molecule has 2 unspecified atom stereocenters. The molecule has 4 atom stereocenters. The first-order valence-electron chi connectivity index (χ1n) is 7.68. The standard InChI is InChI=1S/C15H18ClN3O3S/c1-2-23(21,22)19-14-9-5-15(20,6-10(9)14)12-3-8(16)4-13-11(12)7-17-18-13/h3-4,7,9-10,14,19-20H,2,5-6H2,1H3,(H,17,18)/t9-,10+,14?,15?. The molecule has 2 aromatic rings. The molecule has 1 aromatic carbocycles. The van der Waals surface area contributed by atoms with Crippen molar-refractivity contribution in [1.29, 1.82) is 0 Å². The second-order valence-corrected chi connectivity index (χ2v) is 9.08. The molecule has 124 valence electrons. The maximum Gasteiger partial charge on any atom is 0.211 e. The monoisotopic (exact) mass is 355 g/mol. The number of rotatable bonds is 4. The lowest BCUT2D eigenvalue weighted by molar-refractivity contribution is 0.0303. The minimum Gasteiger partial charge on any atom is -0.385 e. The van der Waals surface area contributed by atoms with Gasteiger partial charge in [-0.15, -0.1) is 0 Å². The Morgan fingerprint density at radius 2 is 2.13 bits per heavy atom. The van der Waals surface area contributed by atoms with Gasteiger partial charge in [0.25, 0.3) is 0 Å². The first-order chi connectivity index (χ1) is 10.8. The van der Waals surface area contributed by atoms with Gasteiger partial charge in [0, 0.05) is 16.5 Å². The fourth-order valence-electron chi connectivity index (χ4n) is 3.95. The molecular weight excluding hydrogens is 338 g/mol. The van der Waals surface area contributed by atoms with Crippen LogP contribution in [0.1, 0.15) is 25.3 Å². The Labute approximate surface area is 139 Å². The Balaban J connectivity index is 1.60. The number of nitrogens with one attached hydrogen (secondary N) is 2. The van der Waals surface area contributed by atoms with Gasteiger partial charge in [0.2, 0.25) is 10.0 Å².